The molecule has 0 spiro atoms. The van der Waals surface area contributed by atoms with E-state index in [-0.39, 0.29) is 5.78 Å². The minimum atomic E-state index is -0.0601. The van der Waals surface area contributed by atoms with E-state index >= 15 is 0 Å². The number of allylic oxidation sites excluding steroid dienone is 1. The van der Waals surface area contributed by atoms with Gasteiger partial charge in [-0.25, -0.2) is 0 Å². The molecule has 0 saturated heterocycles. The second-order valence-electron chi connectivity index (χ2n) is 5.58. The van der Waals surface area contributed by atoms with Gasteiger partial charge in [0.25, 0.3) is 0 Å². The summed E-state index contributed by atoms with van der Waals surface area (Å²) >= 11 is 12.0. The van der Waals surface area contributed by atoms with Crippen molar-refractivity contribution in [3.05, 3.63) is 87.6 Å². The standard InChI is InChI=1S/C21H16Cl2O2/c1-2-14-3-5-15(6-4-14)20(24)11-8-17-9-12-21(25-17)16-7-10-18(22)19(23)13-16/h3-13H,2H2,1H3. The minimum Gasteiger partial charge on any atom is -0.457 e. The van der Waals surface area contributed by atoms with E-state index in [1.807, 2.05) is 42.5 Å². The lowest BCUT2D eigenvalue weighted by Crippen LogP contribution is -1.94. The summed E-state index contributed by atoms with van der Waals surface area (Å²) in [5, 5.41) is 0.968. The Labute approximate surface area is 156 Å². The van der Waals surface area contributed by atoms with Gasteiger partial charge in [0.05, 0.1) is 10.0 Å². The maximum atomic E-state index is 12.2. The molecular weight excluding hydrogens is 355 g/mol. The first-order valence-electron chi connectivity index (χ1n) is 7.93. The fourth-order valence-corrected chi connectivity index (χ4v) is 2.70. The monoisotopic (exact) mass is 370 g/mol. The average Bonchev–Trinajstić information content (AvgIpc) is 3.11. The Kier molecular flexibility index (Phi) is 5.42. The molecule has 0 aliphatic heterocycles. The molecule has 0 aliphatic rings. The summed E-state index contributed by atoms with van der Waals surface area (Å²) in [5.74, 6) is 1.20. The highest BCUT2D eigenvalue weighted by Gasteiger charge is 2.07. The highest BCUT2D eigenvalue weighted by molar-refractivity contribution is 6.42. The van der Waals surface area contributed by atoms with Crippen molar-refractivity contribution in [3.63, 3.8) is 0 Å². The number of halogens is 2. The Balaban J connectivity index is 1.74. The molecule has 2 aromatic carbocycles. The molecule has 0 aliphatic carbocycles. The lowest BCUT2D eigenvalue weighted by Gasteiger charge is -2.00. The van der Waals surface area contributed by atoms with Crippen LogP contribution in [0, 0.1) is 0 Å². The molecule has 0 atom stereocenters. The molecule has 1 heterocycles. The van der Waals surface area contributed by atoms with E-state index in [1.54, 1.807) is 18.2 Å². The summed E-state index contributed by atoms with van der Waals surface area (Å²) in [5.41, 5.74) is 2.69. The van der Waals surface area contributed by atoms with Crippen LogP contribution in [0.3, 0.4) is 0 Å². The zero-order chi connectivity index (χ0) is 17.8. The van der Waals surface area contributed by atoms with Gasteiger partial charge in [-0.3, -0.25) is 4.79 Å². The highest BCUT2D eigenvalue weighted by atomic mass is 35.5. The number of ketones is 1. The molecular formula is C21H16Cl2O2. The minimum absolute atomic E-state index is 0.0601. The molecule has 1 aromatic heterocycles. The van der Waals surface area contributed by atoms with Gasteiger partial charge in [0.1, 0.15) is 11.5 Å². The van der Waals surface area contributed by atoms with Crippen LogP contribution in [-0.4, -0.2) is 5.78 Å². The molecule has 126 valence electrons. The van der Waals surface area contributed by atoms with Crippen molar-refractivity contribution in [2.45, 2.75) is 13.3 Å². The first-order chi connectivity index (χ1) is 12.1. The third kappa shape index (κ3) is 4.22. The first-order valence-corrected chi connectivity index (χ1v) is 8.69. The maximum absolute atomic E-state index is 12.2. The summed E-state index contributed by atoms with van der Waals surface area (Å²) in [6.45, 7) is 2.08. The Bertz CT molecular complexity index is 921. The third-order valence-corrected chi connectivity index (χ3v) is 4.62. The largest absolute Gasteiger partial charge is 0.457 e. The van der Waals surface area contributed by atoms with Gasteiger partial charge in [0, 0.05) is 11.1 Å². The van der Waals surface area contributed by atoms with Crippen LogP contribution in [0.4, 0.5) is 0 Å². The molecule has 0 fully saturated rings. The van der Waals surface area contributed by atoms with Crippen LogP contribution < -0.4 is 0 Å². The summed E-state index contributed by atoms with van der Waals surface area (Å²) in [4.78, 5) is 12.2. The molecule has 0 bridgehead atoms. The number of furan rings is 1. The molecule has 0 unspecified atom stereocenters. The predicted molar refractivity (Wildman–Crippen MR) is 103 cm³/mol. The van der Waals surface area contributed by atoms with Crippen molar-refractivity contribution in [2.24, 2.45) is 0 Å². The molecule has 25 heavy (non-hydrogen) atoms. The molecule has 0 N–H and O–H groups in total. The molecule has 2 nitrogen and oxygen atoms in total. The Morgan fingerprint density at radius 2 is 1.76 bits per heavy atom. The lowest BCUT2D eigenvalue weighted by molar-refractivity contribution is 0.104. The van der Waals surface area contributed by atoms with E-state index in [0.29, 0.717) is 27.1 Å². The smallest absolute Gasteiger partial charge is 0.185 e. The average molecular weight is 371 g/mol. The topological polar surface area (TPSA) is 30.2 Å². The zero-order valence-electron chi connectivity index (χ0n) is 13.6. The number of hydrogen-bond donors (Lipinski definition) is 0. The Hall–Kier alpha value is -2.29. The molecule has 0 saturated carbocycles. The molecule has 0 amide bonds. The van der Waals surface area contributed by atoms with Gasteiger partial charge in [0.15, 0.2) is 5.78 Å². The normalized spacial score (nSPS) is 11.2. The fraction of sp³-hybridized carbons (Fsp3) is 0.0952. The van der Waals surface area contributed by atoms with Crippen LogP contribution in [0.25, 0.3) is 17.4 Å². The van der Waals surface area contributed by atoms with Crippen molar-refractivity contribution < 1.29 is 9.21 Å². The van der Waals surface area contributed by atoms with Crippen LogP contribution in [0.2, 0.25) is 10.0 Å². The van der Waals surface area contributed by atoms with Crippen LogP contribution in [0.5, 0.6) is 0 Å². The van der Waals surface area contributed by atoms with Crippen LogP contribution in [0.1, 0.15) is 28.6 Å². The van der Waals surface area contributed by atoms with E-state index in [1.165, 1.54) is 11.6 Å². The fourth-order valence-electron chi connectivity index (χ4n) is 2.41. The number of hydrogen-bond acceptors (Lipinski definition) is 2. The summed E-state index contributed by atoms with van der Waals surface area (Å²) in [6, 6.07) is 16.6. The molecule has 0 radical (unpaired) electrons. The lowest BCUT2D eigenvalue weighted by atomic mass is 10.1. The summed E-state index contributed by atoms with van der Waals surface area (Å²) in [6.07, 6.45) is 4.13. The third-order valence-electron chi connectivity index (χ3n) is 3.88. The predicted octanol–water partition coefficient (Wildman–Crippen LogP) is 6.71. The van der Waals surface area contributed by atoms with Crippen molar-refractivity contribution >= 4 is 35.1 Å². The second kappa shape index (κ2) is 7.73. The second-order valence-corrected chi connectivity index (χ2v) is 6.39. The van der Waals surface area contributed by atoms with Crippen molar-refractivity contribution in [1.29, 1.82) is 0 Å². The maximum Gasteiger partial charge on any atom is 0.185 e. The van der Waals surface area contributed by atoms with Crippen LogP contribution >= 0.6 is 23.2 Å². The van der Waals surface area contributed by atoms with E-state index in [4.69, 9.17) is 27.6 Å². The summed E-state index contributed by atoms with van der Waals surface area (Å²) < 4.78 is 5.75. The summed E-state index contributed by atoms with van der Waals surface area (Å²) in [7, 11) is 0. The quantitative estimate of drug-likeness (QED) is 0.368. The van der Waals surface area contributed by atoms with E-state index < -0.39 is 0 Å². The van der Waals surface area contributed by atoms with Crippen LogP contribution in [-0.2, 0) is 6.42 Å². The number of carbonyl (C=O) groups excluding carboxylic acids is 1. The van der Waals surface area contributed by atoms with Gasteiger partial charge in [-0.1, -0.05) is 54.4 Å². The molecule has 3 rings (SSSR count). The van der Waals surface area contributed by atoms with Gasteiger partial charge >= 0.3 is 0 Å². The van der Waals surface area contributed by atoms with E-state index in [9.17, 15) is 4.79 Å². The Morgan fingerprint density at radius 3 is 2.44 bits per heavy atom. The van der Waals surface area contributed by atoms with E-state index in [0.717, 1.165) is 12.0 Å². The van der Waals surface area contributed by atoms with Crippen molar-refractivity contribution in [2.75, 3.05) is 0 Å². The van der Waals surface area contributed by atoms with Gasteiger partial charge < -0.3 is 4.42 Å². The molecule has 3 aromatic rings. The van der Waals surface area contributed by atoms with Gasteiger partial charge in [0.2, 0.25) is 0 Å². The van der Waals surface area contributed by atoms with Crippen molar-refractivity contribution in [1.82, 2.24) is 0 Å². The van der Waals surface area contributed by atoms with Crippen molar-refractivity contribution in [3.8, 4) is 11.3 Å². The van der Waals surface area contributed by atoms with Gasteiger partial charge in [-0.15, -0.1) is 0 Å². The highest BCUT2D eigenvalue weighted by Crippen LogP contribution is 2.29. The number of carbonyl (C=O) groups is 1. The van der Waals surface area contributed by atoms with Gasteiger partial charge in [-0.2, -0.15) is 0 Å². The number of rotatable bonds is 5. The zero-order valence-corrected chi connectivity index (χ0v) is 15.1. The van der Waals surface area contributed by atoms with Gasteiger partial charge in [-0.05, 0) is 54.5 Å². The SMILES string of the molecule is CCc1ccc(C(=O)C=Cc2ccc(-c3ccc(Cl)c(Cl)c3)o2)cc1. The Morgan fingerprint density at radius 1 is 1.00 bits per heavy atom. The molecule has 4 heteroatoms. The number of aryl methyl sites for hydroxylation is 1. The van der Waals surface area contributed by atoms with Crippen LogP contribution in [0.15, 0.2) is 65.1 Å². The first kappa shape index (κ1) is 17.5. The van der Waals surface area contributed by atoms with E-state index in [2.05, 4.69) is 6.92 Å². The number of benzene rings is 2.